The molecule has 1 N–H and O–H groups in total. The smallest absolute Gasteiger partial charge is 0.264 e. The van der Waals surface area contributed by atoms with Crippen molar-refractivity contribution >= 4 is 0 Å². The maximum atomic E-state index is 12.3. The molecule has 1 rings (SSSR count). The first-order chi connectivity index (χ1) is 6.19. The van der Waals surface area contributed by atoms with E-state index >= 15 is 0 Å². The summed E-state index contributed by atoms with van der Waals surface area (Å²) in [6.07, 6.45) is -1.44. The first-order valence-corrected chi connectivity index (χ1v) is 3.61. The van der Waals surface area contributed by atoms with Gasteiger partial charge in [-0.2, -0.15) is 0 Å². The Morgan fingerprint density at radius 1 is 1.62 bits per heavy atom. The van der Waals surface area contributed by atoms with Crippen molar-refractivity contribution in [3.63, 3.8) is 0 Å². The molecule has 0 bridgehead atoms. The van der Waals surface area contributed by atoms with Gasteiger partial charge in [0.05, 0.1) is 13.7 Å². The predicted octanol–water partition coefficient (Wildman–Crippen LogP) is 1.52. The van der Waals surface area contributed by atoms with Gasteiger partial charge in [-0.1, -0.05) is 0 Å². The Morgan fingerprint density at radius 2 is 2.31 bits per heavy atom. The van der Waals surface area contributed by atoms with Gasteiger partial charge in [-0.05, 0) is 0 Å². The summed E-state index contributed by atoms with van der Waals surface area (Å²) in [5, 5.41) is 8.72. The lowest BCUT2D eigenvalue weighted by molar-refractivity contribution is 0.146. The van der Waals surface area contributed by atoms with Crippen LogP contribution in [0.5, 0.6) is 5.88 Å². The monoisotopic (exact) mass is 189 g/mol. The Balaban J connectivity index is 3.10. The van der Waals surface area contributed by atoms with Gasteiger partial charge in [-0.3, -0.25) is 0 Å². The lowest BCUT2D eigenvalue weighted by Gasteiger charge is -2.07. The number of halogens is 2. The van der Waals surface area contributed by atoms with Gasteiger partial charge in [0.2, 0.25) is 5.88 Å². The molecule has 0 unspecified atom stereocenters. The first kappa shape index (κ1) is 9.85. The normalized spacial score (nSPS) is 10.5. The number of hydrogen-bond donors (Lipinski definition) is 1. The van der Waals surface area contributed by atoms with Crippen molar-refractivity contribution in [2.24, 2.45) is 0 Å². The third-order valence-corrected chi connectivity index (χ3v) is 1.61. The van der Waals surface area contributed by atoms with Crippen molar-refractivity contribution in [2.45, 2.75) is 13.0 Å². The second-order valence-electron chi connectivity index (χ2n) is 2.38. The highest BCUT2D eigenvalue weighted by Gasteiger charge is 2.13. The van der Waals surface area contributed by atoms with E-state index in [2.05, 4.69) is 9.72 Å². The Bertz CT molecular complexity index is 291. The molecule has 72 valence electrons. The summed E-state index contributed by atoms with van der Waals surface area (Å²) in [7, 11) is 1.34. The quantitative estimate of drug-likeness (QED) is 0.783. The Morgan fingerprint density at radius 3 is 2.77 bits per heavy atom. The molecule has 0 atom stereocenters. The van der Waals surface area contributed by atoms with E-state index in [-0.39, 0.29) is 17.0 Å². The van der Waals surface area contributed by atoms with Crippen molar-refractivity contribution in [3.8, 4) is 5.88 Å². The molecule has 0 fully saturated rings. The van der Waals surface area contributed by atoms with Crippen LogP contribution in [-0.4, -0.2) is 17.2 Å². The van der Waals surface area contributed by atoms with Gasteiger partial charge >= 0.3 is 0 Å². The van der Waals surface area contributed by atoms with Crippen LogP contribution in [0.2, 0.25) is 0 Å². The molecule has 1 aromatic rings. The van der Waals surface area contributed by atoms with E-state index in [4.69, 9.17) is 5.11 Å². The van der Waals surface area contributed by atoms with Crippen LogP contribution in [0.25, 0.3) is 0 Å². The standard InChI is InChI=1S/C8H9F2NO2/c1-13-7-2-6(8(9)10)5(4-12)3-11-7/h2-3,8,12H,4H2,1H3. The summed E-state index contributed by atoms with van der Waals surface area (Å²) >= 11 is 0. The summed E-state index contributed by atoms with van der Waals surface area (Å²) in [6.45, 7) is -0.448. The Labute approximate surface area is 74.0 Å². The van der Waals surface area contributed by atoms with Crippen molar-refractivity contribution in [2.75, 3.05) is 7.11 Å². The van der Waals surface area contributed by atoms with E-state index in [9.17, 15) is 8.78 Å². The van der Waals surface area contributed by atoms with E-state index in [1.807, 2.05) is 0 Å². The van der Waals surface area contributed by atoms with Crippen LogP contribution in [-0.2, 0) is 6.61 Å². The van der Waals surface area contributed by atoms with Gasteiger partial charge in [0.1, 0.15) is 0 Å². The van der Waals surface area contributed by atoms with Gasteiger partial charge in [-0.25, -0.2) is 13.8 Å². The third-order valence-electron chi connectivity index (χ3n) is 1.61. The highest BCUT2D eigenvalue weighted by molar-refractivity contribution is 5.29. The lowest BCUT2D eigenvalue weighted by atomic mass is 10.1. The zero-order valence-electron chi connectivity index (χ0n) is 7.00. The number of alkyl halides is 2. The van der Waals surface area contributed by atoms with Crippen LogP contribution in [0.15, 0.2) is 12.3 Å². The van der Waals surface area contributed by atoms with Gasteiger partial charge in [-0.15, -0.1) is 0 Å². The van der Waals surface area contributed by atoms with Gasteiger partial charge in [0.25, 0.3) is 6.43 Å². The molecule has 3 nitrogen and oxygen atoms in total. The van der Waals surface area contributed by atoms with E-state index in [0.717, 1.165) is 6.07 Å². The molecule has 1 aromatic heterocycles. The number of pyridine rings is 1. The number of methoxy groups -OCH3 is 1. The average molecular weight is 189 g/mol. The minimum Gasteiger partial charge on any atom is -0.481 e. The van der Waals surface area contributed by atoms with E-state index < -0.39 is 13.0 Å². The molecular formula is C8H9F2NO2. The van der Waals surface area contributed by atoms with Crippen LogP contribution in [0.3, 0.4) is 0 Å². The van der Waals surface area contributed by atoms with Crippen LogP contribution < -0.4 is 4.74 Å². The minimum atomic E-state index is -2.63. The van der Waals surface area contributed by atoms with E-state index in [0.29, 0.717) is 0 Å². The highest BCUT2D eigenvalue weighted by Crippen LogP contribution is 2.25. The van der Waals surface area contributed by atoms with Gasteiger partial charge in [0, 0.05) is 23.4 Å². The molecule has 0 saturated heterocycles. The fourth-order valence-electron chi connectivity index (χ4n) is 0.926. The molecule has 0 aliphatic rings. The number of aliphatic hydroxyl groups is 1. The number of aliphatic hydroxyl groups excluding tert-OH is 1. The highest BCUT2D eigenvalue weighted by atomic mass is 19.3. The maximum absolute atomic E-state index is 12.3. The topological polar surface area (TPSA) is 42.4 Å². The predicted molar refractivity (Wildman–Crippen MR) is 41.7 cm³/mol. The lowest BCUT2D eigenvalue weighted by Crippen LogP contribution is -1.98. The van der Waals surface area contributed by atoms with E-state index in [1.165, 1.54) is 13.3 Å². The number of ether oxygens (including phenoxy) is 1. The van der Waals surface area contributed by atoms with Crippen LogP contribution in [0.4, 0.5) is 8.78 Å². The van der Waals surface area contributed by atoms with Crippen molar-refractivity contribution < 1.29 is 18.6 Å². The summed E-state index contributed by atoms with van der Waals surface area (Å²) in [5.41, 5.74) is -0.120. The van der Waals surface area contributed by atoms with Crippen LogP contribution in [0.1, 0.15) is 17.6 Å². The molecule has 0 spiro atoms. The largest absolute Gasteiger partial charge is 0.481 e. The number of rotatable bonds is 3. The molecule has 0 radical (unpaired) electrons. The van der Waals surface area contributed by atoms with Crippen molar-refractivity contribution in [3.05, 3.63) is 23.4 Å². The molecule has 0 aliphatic carbocycles. The molecule has 1 heterocycles. The minimum absolute atomic E-state index is 0.118. The molecule has 0 amide bonds. The fraction of sp³-hybridized carbons (Fsp3) is 0.375. The van der Waals surface area contributed by atoms with E-state index in [1.54, 1.807) is 0 Å². The number of hydrogen-bond acceptors (Lipinski definition) is 3. The zero-order valence-corrected chi connectivity index (χ0v) is 7.00. The fourth-order valence-corrected chi connectivity index (χ4v) is 0.926. The number of aromatic nitrogens is 1. The summed E-state index contributed by atoms with van der Waals surface area (Å²) in [4.78, 5) is 3.70. The zero-order chi connectivity index (χ0) is 9.84. The first-order valence-electron chi connectivity index (χ1n) is 3.61. The Hall–Kier alpha value is -1.23. The summed E-state index contributed by atoms with van der Waals surface area (Å²) in [6, 6.07) is 1.12. The molecule has 0 saturated carbocycles. The number of nitrogens with zero attached hydrogens (tertiary/aromatic N) is 1. The SMILES string of the molecule is COc1cc(C(F)F)c(CO)cn1. The molecule has 0 aromatic carbocycles. The average Bonchev–Trinajstić information content (AvgIpc) is 2.16. The second-order valence-corrected chi connectivity index (χ2v) is 2.38. The van der Waals surface area contributed by atoms with Crippen LogP contribution >= 0.6 is 0 Å². The summed E-state index contributed by atoms with van der Waals surface area (Å²) in [5.74, 6) is 0.118. The second kappa shape index (κ2) is 4.13. The van der Waals surface area contributed by atoms with Gasteiger partial charge < -0.3 is 9.84 Å². The van der Waals surface area contributed by atoms with Crippen LogP contribution in [0, 0.1) is 0 Å². The van der Waals surface area contributed by atoms with Crippen molar-refractivity contribution in [1.82, 2.24) is 4.98 Å². The molecule has 13 heavy (non-hydrogen) atoms. The summed E-state index contributed by atoms with van der Waals surface area (Å²) < 4.78 is 29.4. The third kappa shape index (κ3) is 2.12. The van der Waals surface area contributed by atoms with Crippen molar-refractivity contribution in [1.29, 1.82) is 0 Å². The van der Waals surface area contributed by atoms with Gasteiger partial charge in [0.15, 0.2) is 0 Å². The Kier molecular flexibility index (Phi) is 3.13. The molecule has 0 aliphatic heterocycles. The molecular weight excluding hydrogens is 180 g/mol. The molecule has 5 heteroatoms. The maximum Gasteiger partial charge on any atom is 0.264 e.